The van der Waals surface area contributed by atoms with E-state index in [2.05, 4.69) is 15.4 Å². The van der Waals surface area contributed by atoms with Gasteiger partial charge in [-0.25, -0.2) is 4.98 Å². The first-order chi connectivity index (χ1) is 12.5. The molecule has 3 N–H and O–H groups in total. The van der Waals surface area contributed by atoms with Crippen molar-refractivity contribution in [3.05, 3.63) is 53.2 Å². The summed E-state index contributed by atoms with van der Waals surface area (Å²) >= 11 is 0. The lowest BCUT2D eigenvalue weighted by atomic mass is 9.87. The molecular formula is C19H22ClN5O2. The van der Waals surface area contributed by atoms with Crippen molar-refractivity contribution >= 4 is 24.0 Å². The van der Waals surface area contributed by atoms with Crippen LogP contribution in [-0.4, -0.2) is 20.7 Å². The number of nitrogens with two attached hydrogens (primary N) is 1. The van der Waals surface area contributed by atoms with Gasteiger partial charge >= 0.3 is 0 Å². The molecule has 142 valence electrons. The summed E-state index contributed by atoms with van der Waals surface area (Å²) in [5, 5.41) is 7.21. The van der Waals surface area contributed by atoms with Crippen molar-refractivity contribution < 1.29 is 9.21 Å². The Kier molecular flexibility index (Phi) is 5.23. The van der Waals surface area contributed by atoms with E-state index in [0.717, 1.165) is 36.1 Å². The fourth-order valence-electron chi connectivity index (χ4n) is 3.47. The fourth-order valence-corrected chi connectivity index (χ4v) is 3.47. The normalized spacial score (nSPS) is 15.7. The molecule has 1 aliphatic rings. The minimum absolute atomic E-state index is 0. The molecule has 0 radical (unpaired) electrons. The molecule has 0 spiro atoms. The maximum atomic E-state index is 12.8. The van der Waals surface area contributed by atoms with Gasteiger partial charge in [0.15, 0.2) is 5.69 Å². The van der Waals surface area contributed by atoms with Crippen LogP contribution in [0.15, 0.2) is 35.0 Å². The van der Waals surface area contributed by atoms with Crippen molar-refractivity contribution in [3.8, 4) is 11.5 Å². The van der Waals surface area contributed by atoms with Crippen molar-refractivity contribution in [1.82, 2.24) is 20.1 Å². The number of carbonyl (C=O) groups excluding carboxylic acids is 1. The SMILES string of the molecule is Cc1oc(-c2cnn(C)c2)nc1C(=O)NC1CCCc2cc(N)ccc21.Cl. The van der Waals surface area contributed by atoms with Crippen molar-refractivity contribution in [3.63, 3.8) is 0 Å². The van der Waals surface area contributed by atoms with Gasteiger partial charge in [-0.1, -0.05) is 6.07 Å². The van der Waals surface area contributed by atoms with Crippen molar-refractivity contribution in [2.75, 3.05) is 5.73 Å². The van der Waals surface area contributed by atoms with Crippen LogP contribution in [0.3, 0.4) is 0 Å². The minimum atomic E-state index is -0.226. The molecule has 1 unspecified atom stereocenters. The third kappa shape index (κ3) is 3.68. The van der Waals surface area contributed by atoms with Gasteiger partial charge in [-0.05, 0) is 49.4 Å². The molecule has 4 rings (SSSR count). The lowest BCUT2D eigenvalue weighted by Gasteiger charge is -2.26. The van der Waals surface area contributed by atoms with Crippen LogP contribution in [-0.2, 0) is 13.5 Å². The number of rotatable bonds is 3. The van der Waals surface area contributed by atoms with Crippen molar-refractivity contribution in [2.45, 2.75) is 32.2 Å². The smallest absolute Gasteiger partial charge is 0.274 e. The first kappa shape index (κ1) is 19.0. The van der Waals surface area contributed by atoms with Gasteiger partial charge in [0.05, 0.1) is 17.8 Å². The molecule has 2 aromatic heterocycles. The molecule has 0 fully saturated rings. The zero-order valence-corrected chi connectivity index (χ0v) is 16.0. The molecule has 0 aliphatic heterocycles. The van der Waals surface area contributed by atoms with Crippen LogP contribution in [0.4, 0.5) is 5.69 Å². The number of benzene rings is 1. The van der Waals surface area contributed by atoms with E-state index in [9.17, 15) is 4.79 Å². The van der Waals surface area contributed by atoms with E-state index in [1.54, 1.807) is 24.0 Å². The topological polar surface area (TPSA) is 99.0 Å². The van der Waals surface area contributed by atoms with Gasteiger partial charge < -0.3 is 15.5 Å². The maximum Gasteiger partial charge on any atom is 0.274 e. The van der Waals surface area contributed by atoms with Crippen LogP contribution in [0.5, 0.6) is 0 Å². The Morgan fingerprint density at radius 2 is 2.22 bits per heavy atom. The highest BCUT2D eigenvalue weighted by Gasteiger charge is 2.25. The number of nitrogens with one attached hydrogen (secondary N) is 1. The molecular weight excluding hydrogens is 366 g/mol. The van der Waals surface area contributed by atoms with Crippen molar-refractivity contribution in [1.29, 1.82) is 0 Å². The second-order valence-corrected chi connectivity index (χ2v) is 6.70. The summed E-state index contributed by atoms with van der Waals surface area (Å²) < 4.78 is 7.33. The van der Waals surface area contributed by atoms with Crippen LogP contribution < -0.4 is 11.1 Å². The lowest BCUT2D eigenvalue weighted by molar-refractivity contribution is 0.0927. The summed E-state index contributed by atoms with van der Waals surface area (Å²) in [5.74, 6) is 0.670. The second-order valence-electron chi connectivity index (χ2n) is 6.70. The monoisotopic (exact) mass is 387 g/mol. The summed E-state index contributed by atoms with van der Waals surface area (Å²) in [5.41, 5.74) is 10.0. The van der Waals surface area contributed by atoms with E-state index in [4.69, 9.17) is 10.2 Å². The summed E-state index contributed by atoms with van der Waals surface area (Å²) in [6, 6.07) is 5.84. The van der Waals surface area contributed by atoms with Gasteiger partial charge in [0.2, 0.25) is 5.89 Å². The number of hydrogen-bond acceptors (Lipinski definition) is 5. The average molecular weight is 388 g/mol. The molecule has 0 saturated carbocycles. The first-order valence-electron chi connectivity index (χ1n) is 8.67. The number of fused-ring (bicyclic) bond motifs is 1. The summed E-state index contributed by atoms with van der Waals surface area (Å²) in [6.45, 7) is 1.75. The molecule has 8 heteroatoms. The first-order valence-corrected chi connectivity index (χ1v) is 8.67. The Bertz CT molecular complexity index is 978. The van der Waals surface area contributed by atoms with Gasteiger partial charge in [0.25, 0.3) is 5.91 Å². The summed E-state index contributed by atoms with van der Waals surface area (Å²) in [4.78, 5) is 17.2. The zero-order valence-electron chi connectivity index (χ0n) is 15.2. The number of nitrogen functional groups attached to an aromatic ring is 1. The number of oxazole rings is 1. The molecule has 3 aromatic rings. The number of amides is 1. The number of aryl methyl sites for hydroxylation is 3. The number of halogens is 1. The quantitative estimate of drug-likeness (QED) is 0.672. The zero-order chi connectivity index (χ0) is 18.3. The van der Waals surface area contributed by atoms with Crippen LogP contribution >= 0.6 is 12.4 Å². The van der Waals surface area contributed by atoms with Crippen LogP contribution in [0.1, 0.15) is 46.3 Å². The molecule has 1 aliphatic carbocycles. The molecule has 7 nitrogen and oxygen atoms in total. The average Bonchev–Trinajstić information content (AvgIpc) is 3.20. The third-order valence-corrected chi connectivity index (χ3v) is 4.75. The van der Waals surface area contributed by atoms with E-state index < -0.39 is 0 Å². The van der Waals surface area contributed by atoms with E-state index in [1.165, 1.54) is 5.56 Å². The van der Waals surface area contributed by atoms with Gasteiger partial charge in [-0.2, -0.15) is 5.10 Å². The van der Waals surface area contributed by atoms with Crippen molar-refractivity contribution in [2.24, 2.45) is 7.05 Å². The van der Waals surface area contributed by atoms with E-state index in [0.29, 0.717) is 17.3 Å². The Morgan fingerprint density at radius 3 is 2.96 bits per heavy atom. The number of hydrogen-bond donors (Lipinski definition) is 2. The molecule has 1 amide bonds. The number of carbonyl (C=O) groups is 1. The van der Waals surface area contributed by atoms with E-state index in [-0.39, 0.29) is 24.4 Å². The predicted octanol–water partition coefficient (Wildman–Crippen LogP) is 3.19. The number of nitrogens with zero attached hydrogens (tertiary/aromatic N) is 3. The molecule has 1 aromatic carbocycles. The van der Waals surface area contributed by atoms with E-state index >= 15 is 0 Å². The van der Waals surface area contributed by atoms with Gasteiger partial charge in [0, 0.05) is 18.9 Å². The molecule has 1 atom stereocenters. The Hall–Kier alpha value is -2.80. The standard InChI is InChI=1S/C19H21N5O2.ClH/c1-11-17(23-19(26-11)13-9-21-24(2)10-13)18(25)22-16-5-3-4-12-8-14(20)6-7-15(12)16;/h6-10,16H,3-5,20H2,1-2H3,(H,22,25);1H. The molecule has 27 heavy (non-hydrogen) atoms. The highest BCUT2D eigenvalue weighted by Crippen LogP contribution is 2.31. The minimum Gasteiger partial charge on any atom is -0.440 e. The lowest BCUT2D eigenvalue weighted by Crippen LogP contribution is -2.31. The molecule has 0 saturated heterocycles. The number of anilines is 1. The van der Waals surface area contributed by atoms with Crippen LogP contribution in [0, 0.1) is 6.92 Å². The van der Waals surface area contributed by atoms with Crippen LogP contribution in [0.25, 0.3) is 11.5 Å². The van der Waals surface area contributed by atoms with Gasteiger partial charge in [-0.15, -0.1) is 12.4 Å². The Morgan fingerprint density at radius 1 is 1.41 bits per heavy atom. The van der Waals surface area contributed by atoms with Gasteiger partial charge in [0.1, 0.15) is 5.76 Å². The third-order valence-electron chi connectivity index (χ3n) is 4.75. The fraction of sp³-hybridized carbons (Fsp3) is 0.316. The number of aromatic nitrogens is 3. The molecule has 0 bridgehead atoms. The van der Waals surface area contributed by atoms with E-state index in [1.807, 2.05) is 25.2 Å². The maximum absolute atomic E-state index is 12.8. The Balaban J connectivity index is 0.00000210. The largest absolute Gasteiger partial charge is 0.440 e. The predicted molar refractivity (Wildman–Crippen MR) is 105 cm³/mol. The Labute approximate surface area is 163 Å². The summed E-state index contributed by atoms with van der Waals surface area (Å²) in [6.07, 6.45) is 6.36. The summed E-state index contributed by atoms with van der Waals surface area (Å²) in [7, 11) is 1.82. The highest BCUT2D eigenvalue weighted by atomic mass is 35.5. The van der Waals surface area contributed by atoms with Gasteiger partial charge in [-0.3, -0.25) is 9.48 Å². The molecule has 2 heterocycles. The second kappa shape index (κ2) is 7.44. The highest BCUT2D eigenvalue weighted by molar-refractivity contribution is 5.94. The van der Waals surface area contributed by atoms with Crippen LogP contribution in [0.2, 0.25) is 0 Å².